The summed E-state index contributed by atoms with van der Waals surface area (Å²) in [5, 5.41) is 0. The van der Waals surface area contributed by atoms with Crippen LogP contribution in [0, 0.1) is 5.92 Å². The predicted octanol–water partition coefficient (Wildman–Crippen LogP) is 3.48. The average Bonchev–Trinajstić information content (AvgIpc) is 2.43. The molecule has 102 valence electrons. The SMILES string of the molecule is COc1cc(/C=C2\CCC[C@@H](C)C2=O)cc(OC)c1. The first-order valence-corrected chi connectivity index (χ1v) is 6.62. The number of methoxy groups -OCH3 is 2. The molecule has 0 aromatic heterocycles. The van der Waals surface area contributed by atoms with Gasteiger partial charge in [0.1, 0.15) is 11.5 Å². The topological polar surface area (TPSA) is 35.5 Å². The van der Waals surface area contributed by atoms with E-state index in [-0.39, 0.29) is 11.7 Å². The standard InChI is InChI=1S/C16H20O3/c1-11-5-4-6-13(16(11)17)7-12-8-14(18-2)10-15(9-12)19-3/h7-11H,4-6H2,1-3H3/b13-7+/t11-/m1/s1. The van der Waals surface area contributed by atoms with E-state index in [1.165, 1.54) is 0 Å². The first-order chi connectivity index (χ1) is 9.13. The van der Waals surface area contributed by atoms with E-state index in [1.54, 1.807) is 14.2 Å². The Kier molecular flexibility index (Phi) is 4.25. The van der Waals surface area contributed by atoms with E-state index < -0.39 is 0 Å². The Morgan fingerprint density at radius 2 is 1.79 bits per heavy atom. The summed E-state index contributed by atoms with van der Waals surface area (Å²) in [6.07, 6.45) is 4.91. The van der Waals surface area contributed by atoms with Crippen LogP contribution >= 0.6 is 0 Å². The number of carbonyl (C=O) groups excluding carboxylic acids is 1. The molecule has 1 saturated carbocycles. The zero-order valence-electron chi connectivity index (χ0n) is 11.7. The summed E-state index contributed by atoms with van der Waals surface area (Å²) in [7, 11) is 3.25. The van der Waals surface area contributed by atoms with Crippen LogP contribution in [-0.4, -0.2) is 20.0 Å². The molecule has 0 spiro atoms. The van der Waals surface area contributed by atoms with Gasteiger partial charge in [0.15, 0.2) is 5.78 Å². The number of allylic oxidation sites excluding steroid dienone is 1. The summed E-state index contributed by atoms with van der Waals surface area (Å²) in [5.41, 5.74) is 1.86. The molecule has 1 aliphatic carbocycles. The summed E-state index contributed by atoms with van der Waals surface area (Å²) in [6.45, 7) is 2.00. The largest absolute Gasteiger partial charge is 0.497 e. The molecule has 1 aromatic rings. The minimum atomic E-state index is 0.146. The summed E-state index contributed by atoms with van der Waals surface area (Å²) in [5.74, 6) is 1.89. The van der Waals surface area contributed by atoms with E-state index in [1.807, 2.05) is 31.2 Å². The van der Waals surface area contributed by atoms with Crippen molar-refractivity contribution in [2.24, 2.45) is 5.92 Å². The fourth-order valence-corrected chi connectivity index (χ4v) is 2.43. The Morgan fingerprint density at radius 3 is 2.37 bits per heavy atom. The Balaban J connectivity index is 2.33. The van der Waals surface area contributed by atoms with Crippen LogP contribution in [0.25, 0.3) is 6.08 Å². The van der Waals surface area contributed by atoms with Crippen molar-refractivity contribution in [1.29, 1.82) is 0 Å². The molecule has 0 N–H and O–H groups in total. The molecule has 1 atom stereocenters. The average molecular weight is 260 g/mol. The van der Waals surface area contributed by atoms with Crippen molar-refractivity contribution in [2.45, 2.75) is 26.2 Å². The summed E-state index contributed by atoms with van der Waals surface area (Å²) in [6, 6.07) is 5.66. The molecule has 0 radical (unpaired) electrons. The van der Waals surface area contributed by atoms with Crippen LogP contribution in [0.1, 0.15) is 31.7 Å². The first kappa shape index (κ1) is 13.7. The Bertz CT molecular complexity index is 480. The second-order valence-corrected chi connectivity index (χ2v) is 4.97. The maximum Gasteiger partial charge on any atom is 0.161 e. The van der Waals surface area contributed by atoms with Crippen molar-refractivity contribution in [1.82, 2.24) is 0 Å². The Hall–Kier alpha value is -1.77. The van der Waals surface area contributed by atoms with E-state index in [4.69, 9.17) is 9.47 Å². The van der Waals surface area contributed by atoms with Crippen molar-refractivity contribution in [3.05, 3.63) is 29.3 Å². The van der Waals surface area contributed by atoms with E-state index in [0.29, 0.717) is 0 Å². The molecule has 1 aliphatic rings. The van der Waals surface area contributed by atoms with Crippen LogP contribution in [0.3, 0.4) is 0 Å². The number of rotatable bonds is 3. The highest BCUT2D eigenvalue weighted by atomic mass is 16.5. The number of benzene rings is 1. The van der Waals surface area contributed by atoms with E-state index >= 15 is 0 Å². The van der Waals surface area contributed by atoms with Crippen LogP contribution in [0.15, 0.2) is 23.8 Å². The van der Waals surface area contributed by atoms with Gasteiger partial charge in [0.2, 0.25) is 0 Å². The number of Topliss-reactive ketones (excluding diaryl/α,β-unsaturated/α-hetero) is 1. The molecule has 0 heterocycles. The zero-order valence-corrected chi connectivity index (χ0v) is 11.7. The van der Waals surface area contributed by atoms with E-state index in [0.717, 1.165) is 41.9 Å². The molecular weight excluding hydrogens is 240 g/mol. The monoisotopic (exact) mass is 260 g/mol. The third-order valence-corrected chi connectivity index (χ3v) is 3.56. The van der Waals surface area contributed by atoms with Gasteiger partial charge in [-0.2, -0.15) is 0 Å². The molecule has 0 amide bonds. The smallest absolute Gasteiger partial charge is 0.161 e. The normalized spacial score (nSPS) is 21.5. The lowest BCUT2D eigenvalue weighted by Gasteiger charge is -2.19. The molecule has 3 heteroatoms. The fraction of sp³-hybridized carbons (Fsp3) is 0.438. The highest BCUT2D eigenvalue weighted by Crippen LogP contribution is 2.29. The van der Waals surface area contributed by atoms with E-state index in [9.17, 15) is 4.79 Å². The second kappa shape index (κ2) is 5.91. The molecule has 19 heavy (non-hydrogen) atoms. The van der Waals surface area contributed by atoms with Gasteiger partial charge in [0.25, 0.3) is 0 Å². The van der Waals surface area contributed by atoms with Crippen molar-refractivity contribution in [3.63, 3.8) is 0 Å². The van der Waals surface area contributed by atoms with Crippen molar-refractivity contribution >= 4 is 11.9 Å². The van der Waals surface area contributed by atoms with Gasteiger partial charge < -0.3 is 9.47 Å². The van der Waals surface area contributed by atoms with Crippen molar-refractivity contribution < 1.29 is 14.3 Å². The van der Waals surface area contributed by atoms with Crippen molar-refractivity contribution in [3.8, 4) is 11.5 Å². The number of ether oxygens (including phenoxy) is 2. The molecule has 3 nitrogen and oxygen atoms in total. The molecule has 0 bridgehead atoms. The summed E-state index contributed by atoms with van der Waals surface area (Å²) < 4.78 is 10.5. The molecule has 2 rings (SSSR count). The van der Waals surface area contributed by atoms with Crippen molar-refractivity contribution in [2.75, 3.05) is 14.2 Å². The number of ketones is 1. The van der Waals surface area contributed by atoms with Crippen LogP contribution in [0.2, 0.25) is 0 Å². The van der Waals surface area contributed by atoms with Gasteiger partial charge in [-0.05, 0) is 48.6 Å². The molecular formula is C16H20O3. The van der Waals surface area contributed by atoms with Gasteiger partial charge in [-0.15, -0.1) is 0 Å². The minimum absolute atomic E-state index is 0.146. The van der Waals surface area contributed by atoms with Gasteiger partial charge in [0.05, 0.1) is 14.2 Å². The highest BCUT2D eigenvalue weighted by Gasteiger charge is 2.22. The number of carbonyl (C=O) groups is 1. The maximum absolute atomic E-state index is 12.1. The fourth-order valence-electron chi connectivity index (χ4n) is 2.43. The second-order valence-electron chi connectivity index (χ2n) is 4.97. The molecule has 0 unspecified atom stereocenters. The van der Waals surface area contributed by atoms with Gasteiger partial charge in [-0.25, -0.2) is 0 Å². The number of hydrogen-bond acceptors (Lipinski definition) is 3. The quantitative estimate of drug-likeness (QED) is 0.781. The lowest BCUT2D eigenvalue weighted by molar-refractivity contribution is -0.119. The third-order valence-electron chi connectivity index (χ3n) is 3.56. The van der Waals surface area contributed by atoms with Gasteiger partial charge in [0, 0.05) is 12.0 Å². The molecule has 1 fully saturated rings. The maximum atomic E-state index is 12.1. The van der Waals surface area contributed by atoms with Gasteiger partial charge >= 0.3 is 0 Å². The predicted molar refractivity (Wildman–Crippen MR) is 75.5 cm³/mol. The summed E-state index contributed by atoms with van der Waals surface area (Å²) in [4.78, 5) is 12.1. The highest BCUT2D eigenvalue weighted by molar-refractivity contribution is 6.01. The number of hydrogen-bond donors (Lipinski definition) is 0. The lowest BCUT2D eigenvalue weighted by atomic mass is 9.84. The lowest BCUT2D eigenvalue weighted by Crippen LogP contribution is -2.18. The van der Waals surface area contributed by atoms with Crippen LogP contribution in [0.5, 0.6) is 11.5 Å². The van der Waals surface area contributed by atoms with E-state index in [2.05, 4.69) is 0 Å². The zero-order chi connectivity index (χ0) is 13.8. The molecule has 0 aliphatic heterocycles. The van der Waals surface area contributed by atoms with Crippen LogP contribution in [-0.2, 0) is 4.79 Å². The van der Waals surface area contributed by atoms with Gasteiger partial charge in [-0.1, -0.05) is 6.92 Å². The van der Waals surface area contributed by atoms with Gasteiger partial charge in [-0.3, -0.25) is 4.79 Å². The van der Waals surface area contributed by atoms with Crippen LogP contribution < -0.4 is 9.47 Å². The van der Waals surface area contributed by atoms with Crippen LogP contribution in [0.4, 0.5) is 0 Å². The molecule has 0 saturated heterocycles. The first-order valence-electron chi connectivity index (χ1n) is 6.62. The minimum Gasteiger partial charge on any atom is -0.497 e. The Labute approximate surface area is 114 Å². The molecule has 1 aromatic carbocycles. The summed E-state index contributed by atoms with van der Waals surface area (Å²) >= 11 is 0. The third kappa shape index (κ3) is 3.16. The Morgan fingerprint density at radius 1 is 1.16 bits per heavy atom.